The summed E-state index contributed by atoms with van der Waals surface area (Å²) in [5.41, 5.74) is 0. The van der Waals surface area contributed by atoms with Crippen LogP contribution in [-0.2, 0) is 0 Å². The third-order valence-corrected chi connectivity index (χ3v) is 3.19. The zero-order valence-corrected chi connectivity index (χ0v) is 10.1. The lowest BCUT2D eigenvalue weighted by molar-refractivity contribution is 0.0548. The van der Waals surface area contributed by atoms with Crippen molar-refractivity contribution in [1.82, 2.24) is 0 Å². The second kappa shape index (κ2) is 8.59. The first-order chi connectivity index (χ1) is 6.38. The van der Waals surface area contributed by atoms with Gasteiger partial charge in [-0.3, -0.25) is 0 Å². The number of unbranched alkanes of at least 4 members (excludes halogenated alkanes) is 2. The first-order valence-corrected chi connectivity index (χ1v) is 6.38. The van der Waals surface area contributed by atoms with Crippen molar-refractivity contribution in [3.05, 3.63) is 0 Å². The van der Waals surface area contributed by atoms with E-state index in [1.807, 2.05) is 13.8 Å². The molecule has 2 saturated carbocycles. The molecule has 0 N–H and O–H groups in total. The van der Waals surface area contributed by atoms with Crippen molar-refractivity contribution >= 4 is 0 Å². The molecule has 0 nitrogen and oxygen atoms in total. The highest BCUT2D eigenvalue weighted by Gasteiger charge is 2.37. The molecule has 0 heteroatoms. The van der Waals surface area contributed by atoms with Gasteiger partial charge in [-0.05, 0) is 37.5 Å². The minimum absolute atomic E-state index is 1.21. The van der Waals surface area contributed by atoms with Crippen LogP contribution < -0.4 is 0 Å². The highest BCUT2D eigenvalue weighted by molar-refractivity contribution is 4.89. The molecule has 0 bridgehead atoms. The van der Waals surface area contributed by atoms with Crippen LogP contribution in [0.2, 0.25) is 0 Å². The fraction of sp³-hybridized carbons (Fsp3) is 1.00. The maximum Gasteiger partial charge on any atom is -0.0386 e. The molecule has 80 valence electrons. The highest BCUT2D eigenvalue weighted by atomic mass is 14.4. The van der Waals surface area contributed by atoms with E-state index in [-0.39, 0.29) is 0 Å². The standard InChI is InChI=1S/C6H10.C5H12.C2H6/c1-2-6-4-3-5(1)6;1-3-5-4-2;1-2/h5-6H,1-4H2;3-5H2,1-2H3;1-2H3. The fourth-order valence-corrected chi connectivity index (χ4v) is 1.92. The molecule has 0 amide bonds. The lowest BCUT2D eigenvalue weighted by Gasteiger charge is -2.46. The molecule has 0 aromatic carbocycles. The van der Waals surface area contributed by atoms with Crippen molar-refractivity contribution in [3.63, 3.8) is 0 Å². The van der Waals surface area contributed by atoms with E-state index in [1.165, 1.54) is 31.1 Å². The first-order valence-electron chi connectivity index (χ1n) is 6.38. The Morgan fingerprint density at radius 3 is 1.08 bits per heavy atom. The van der Waals surface area contributed by atoms with E-state index in [4.69, 9.17) is 0 Å². The summed E-state index contributed by atoms with van der Waals surface area (Å²) in [6, 6.07) is 0. The van der Waals surface area contributed by atoms with Gasteiger partial charge in [0.25, 0.3) is 0 Å². The lowest BCUT2D eigenvalue weighted by atomic mass is 9.60. The highest BCUT2D eigenvalue weighted by Crippen LogP contribution is 2.49. The van der Waals surface area contributed by atoms with Crippen LogP contribution >= 0.6 is 0 Å². The van der Waals surface area contributed by atoms with Crippen molar-refractivity contribution in [1.29, 1.82) is 0 Å². The average molecular weight is 184 g/mol. The molecule has 0 spiro atoms. The third-order valence-electron chi connectivity index (χ3n) is 3.19. The largest absolute Gasteiger partial charge is 0.0683 e. The van der Waals surface area contributed by atoms with Crippen molar-refractivity contribution < 1.29 is 0 Å². The summed E-state index contributed by atoms with van der Waals surface area (Å²) in [5, 5.41) is 0. The van der Waals surface area contributed by atoms with Crippen LogP contribution in [0.1, 0.15) is 72.6 Å². The summed E-state index contributed by atoms with van der Waals surface area (Å²) in [5.74, 6) is 2.43. The molecule has 0 unspecified atom stereocenters. The van der Waals surface area contributed by atoms with Crippen LogP contribution in [-0.4, -0.2) is 0 Å². The van der Waals surface area contributed by atoms with Crippen LogP contribution in [0.15, 0.2) is 0 Å². The van der Waals surface area contributed by atoms with Crippen molar-refractivity contribution in [2.24, 2.45) is 11.8 Å². The van der Waals surface area contributed by atoms with Crippen LogP contribution in [0.25, 0.3) is 0 Å². The topological polar surface area (TPSA) is 0 Å². The van der Waals surface area contributed by atoms with E-state index in [0.717, 1.165) is 0 Å². The van der Waals surface area contributed by atoms with Gasteiger partial charge in [0.15, 0.2) is 0 Å². The van der Waals surface area contributed by atoms with Gasteiger partial charge in [0.2, 0.25) is 0 Å². The number of hydrogen-bond acceptors (Lipinski definition) is 0. The molecule has 13 heavy (non-hydrogen) atoms. The van der Waals surface area contributed by atoms with E-state index in [0.29, 0.717) is 0 Å². The van der Waals surface area contributed by atoms with Gasteiger partial charge >= 0.3 is 0 Å². The van der Waals surface area contributed by atoms with E-state index >= 15 is 0 Å². The zero-order valence-electron chi connectivity index (χ0n) is 10.1. The minimum Gasteiger partial charge on any atom is -0.0683 e. The zero-order chi connectivity index (χ0) is 10.1. The quantitative estimate of drug-likeness (QED) is 0.564. The van der Waals surface area contributed by atoms with Gasteiger partial charge in [-0.15, -0.1) is 0 Å². The molecule has 0 aliphatic heterocycles. The maximum atomic E-state index is 2.21. The van der Waals surface area contributed by atoms with Gasteiger partial charge in [0, 0.05) is 0 Å². The summed E-state index contributed by atoms with van der Waals surface area (Å²) in [6.07, 6.45) is 10.3. The van der Waals surface area contributed by atoms with Crippen molar-refractivity contribution in [3.8, 4) is 0 Å². The van der Waals surface area contributed by atoms with Gasteiger partial charge < -0.3 is 0 Å². The maximum absolute atomic E-state index is 2.21. The van der Waals surface area contributed by atoms with Crippen LogP contribution in [0.4, 0.5) is 0 Å². The lowest BCUT2D eigenvalue weighted by Crippen LogP contribution is -2.34. The van der Waals surface area contributed by atoms with Gasteiger partial charge in [-0.1, -0.05) is 47.0 Å². The monoisotopic (exact) mass is 184 g/mol. The Morgan fingerprint density at radius 1 is 0.769 bits per heavy atom. The molecule has 0 saturated heterocycles. The van der Waals surface area contributed by atoms with Crippen molar-refractivity contribution in [2.45, 2.75) is 72.6 Å². The minimum atomic E-state index is 1.21. The smallest absolute Gasteiger partial charge is 0.0386 e. The summed E-state index contributed by atoms with van der Waals surface area (Å²) >= 11 is 0. The summed E-state index contributed by atoms with van der Waals surface area (Å²) in [6.45, 7) is 8.42. The second-order valence-corrected chi connectivity index (χ2v) is 4.03. The Labute approximate surface area is 85.1 Å². The number of hydrogen-bond donors (Lipinski definition) is 0. The SMILES string of the molecule is C1CC2CCC12.CC.CCCCC. The van der Waals surface area contributed by atoms with Crippen molar-refractivity contribution in [2.75, 3.05) is 0 Å². The van der Waals surface area contributed by atoms with E-state index < -0.39 is 0 Å². The molecule has 2 aliphatic carbocycles. The molecule has 0 atom stereocenters. The van der Waals surface area contributed by atoms with Gasteiger partial charge in [0.05, 0.1) is 0 Å². The molecule has 0 aromatic rings. The predicted molar refractivity (Wildman–Crippen MR) is 62.0 cm³/mol. The fourth-order valence-electron chi connectivity index (χ4n) is 1.92. The van der Waals surface area contributed by atoms with Crippen LogP contribution in [0.5, 0.6) is 0 Å². The van der Waals surface area contributed by atoms with Crippen LogP contribution in [0.3, 0.4) is 0 Å². The molecule has 2 fully saturated rings. The Balaban J connectivity index is 0.000000191. The molecule has 2 aliphatic rings. The number of fused-ring (bicyclic) bond motifs is 1. The Morgan fingerprint density at radius 2 is 1.08 bits per heavy atom. The molecular formula is C13H28. The Bertz CT molecular complexity index is 76.2. The molecule has 0 radical (unpaired) electrons. The molecule has 0 heterocycles. The van der Waals surface area contributed by atoms with Gasteiger partial charge in [-0.2, -0.15) is 0 Å². The van der Waals surface area contributed by atoms with E-state index in [1.54, 1.807) is 25.7 Å². The van der Waals surface area contributed by atoms with Crippen LogP contribution in [0, 0.1) is 11.8 Å². The summed E-state index contributed by atoms with van der Waals surface area (Å²) in [7, 11) is 0. The van der Waals surface area contributed by atoms with E-state index in [2.05, 4.69) is 13.8 Å². The molecule has 2 rings (SSSR count). The second-order valence-electron chi connectivity index (χ2n) is 4.03. The van der Waals surface area contributed by atoms with E-state index in [9.17, 15) is 0 Å². The summed E-state index contributed by atoms with van der Waals surface area (Å²) in [4.78, 5) is 0. The Hall–Kier alpha value is 0. The average Bonchev–Trinajstić information content (AvgIpc) is 2.17. The Kier molecular flexibility index (Phi) is 8.59. The molecular weight excluding hydrogens is 156 g/mol. The summed E-state index contributed by atoms with van der Waals surface area (Å²) < 4.78 is 0. The third kappa shape index (κ3) is 4.69. The van der Waals surface area contributed by atoms with Gasteiger partial charge in [0.1, 0.15) is 0 Å². The predicted octanol–water partition coefficient (Wildman–Crippen LogP) is 5.03. The van der Waals surface area contributed by atoms with Gasteiger partial charge in [-0.25, -0.2) is 0 Å². The number of rotatable bonds is 2. The molecule has 0 aromatic heterocycles. The first kappa shape index (κ1) is 13.0. The normalized spacial score (nSPS) is 27.7.